The fourth-order valence-corrected chi connectivity index (χ4v) is 1.29. The van der Waals surface area contributed by atoms with Crippen molar-refractivity contribution in [3.63, 3.8) is 0 Å². The molecule has 0 N–H and O–H groups in total. The van der Waals surface area contributed by atoms with Gasteiger partial charge in [0.1, 0.15) is 0 Å². The summed E-state index contributed by atoms with van der Waals surface area (Å²) in [6, 6.07) is 0. The zero-order valence-electron chi connectivity index (χ0n) is 7.00. The predicted octanol–water partition coefficient (Wildman–Crippen LogP) is 3.18. The van der Waals surface area contributed by atoms with Gasteiger partial charge in [0.2, 0.25) is 0 Å². The molecule has 0 spiro atoms. The quantitative estimate of drug-likeness (QED) is 0.309. The van der Waals surface area contributed by atoms with Crippen molar-refractivity contribution in [2.24, 2.45) is 0 Å². The molecule has 0 aliphatic rings. The molecule has 0 amide bonds. The van der Waals surface area contributed by atoms with Crippen molar-refractivity contribution in [1.82, 2.24) is 0 Å². The van der Waals surface area contributed by atoms with E-state index >= 15 is 0 Å². The Bertz CT molecular complexity index is 396. The number of hydrogen-bond donors (Lipinski definition) is 0. The summed E-state index contributed by atoms with van der Waals surface area (Å²) >= 11 is -0.601. The van der Waals surface area contributed by atoms with E-state index in [1.54, 1.807) is 0 Å². The van der Waals surface area contributed by atoms with Crippen molar-refractivity contribution in [3.8, 4) is 0 Å². The minimum Gasteiger partial charge on any atom is -0.191 e. The second-order valence-corrected chi connectivity index (χ2v) is 5.34. The molecule has 0 heterocycles. The van der Waals surface area contributed by atoms with E-state index < -0.39 is 53.8 Å². The molecule has 0 radical (unpaired) electrons. The minimum absolute atomic E-state index is 0.601. The molecule has 0 atom stereocenters. The van der Waals surface area contributed by atoms with Crippen LogP contribution in [-0.4, -0.2) is 29.4 Å². The van der Waals surface area contributed by atoms with E-state index in [1.807, 2.05) is 0 Å². The fraction of sp³-hybridized carbons (Fsp3) is 1.00. The van der Waals surface area contributed by atoms with Crippen molar-refractivity contribution in [1.29, 1.82) is 0 Å². The summed E-state index contributed by atoms with van der Waals surface area (Å²) in [5, 5.41) is -6.99. The van der Waals surface area contributed by atoms with E-state index in [0.717, 1.165) is 0 Å². The van der Waals surface area contributed by atoms with Gasteiger partial charge in [0.15, 0.2) is 0 Å². The van der Waals surface area contributed by atoms with E-state index in [0.29, 0.717) is 0 Å². The molecule has 13 heteroatoms. The summed E-state index contributed by atoms with van der Waals surface area (Å²) < 4.78 is 123. The van der Waals surface area contributed by atoms with Gasteiger partial charge in [-0.25, -0.2) is 0 Å². The van der Waals surface area contributed by atoms with E-state index in [1.165, 1.54) is 0 Å². The third-order valence-corrected chi connectivity index (χ3v) is 2.97. The molecule has 17 heavy (non-hydrogen) atoms. The lowest BCUT2D eigenvalue weighted by molar-refractivity contribution is -0.320. The monoisotopic (exact) mass is 410 g/mol. The second-order valence-electron chi connectivity index (χ2n) is 2.60. The number of hydrogen-bond acceptors (Lipinski definition) is 2. The van der Waals surface area contributed by atoms with Gasteiger partial charge in [-0.2, -0.15) is 43.5 Å². The maximum Gasteiger partial charge on any atom is 0.442 e. The molecule has 0 bridgehead atoms. The van der Waals surface area contributed by atoms with Gasteiger partial charge in [-0.15, -0.1) is 0 Å². The van der Waals surface area contributed by atoms with Gasteiger partial charge in [-0.05, 0) is 0 Å². The summed E-state index contributed by atoms with van der Waals surface area (Å²) in [4.78, 5) is 0. The lowest BCUT2D eigenvalue weighted by Gasteiger charge is -2.32. The lowest BCUT2D eigenvalue weighted by Crippen LogP contribution is -2.62. The highest BCUT2D eigenvalue weighted by Gasteiger charge is 2.84. The third kappa shape index (κ3) is 2.44. The molecular formula is C4F9IO2S. The molecule has 0 aliphatic carbocycles. The second kappa shape index (κ2) is 4.03. The van der Waals surface area contributed by atoms with Crippen molar-refractivity contribution < 1.29 is 47.4 Å². The Kier molecular flexibility index (Phi) is 4.04. The Morgan fingerprint density at radius 1 is 0.765 bits per heavy atom. The fourth-order valence-electron chi connectivity index (χ4n) is 0.514. The van der Waals surface area contributed by atoms with Crippen LogP contribution in [0.2, 0.25) is 0 Å². The molecule has 0 saturated heterocycles. The molecule has 0 aromatic carbocycles. The first-order valence-corrected chi connectivity index (χ1v) is 5.60. The van der Waals surface area contributed by atoms with Gasteiger partial charge in [-0.1, -0.05) is 3.89 Å². The molecule has 0 unspecified atom stereocenters. The van der Waals surface area contributed by atoms with Gasteiger partial charge in [0.05, 0.1) is 0 Å². The zero-order valence-corrected chi connectivity index (χ0v) is 9.98. The first-order valence-electron chi connectivity index (χ1n) is 3.14. The molecule has 0 aromatic rings. The highest BCUT2D eigenvalue weighted by molar-refractivity contribution is 14.1. The third-order valence-electron chi connectivity index (χ3n) is 1.42. The van der Waals surface area contributed by atoms with E-state index in [9.17, 15) is 47.4 Å². The van der Waals surface area contributed by atoms with Crippen LogP contribution in [0.1, 0.15) is 0 Å². The summed E-state index contributed by atoms with van der Waals surface area (Å²) in [6.07, 6.45) is 0. The first kappa shape index (κ1) is 17.1. The largest absolute Gasteiger partial charge is 0.442 e. The average molecular weight is 410 g/mol. The van der Waals surface area contributed by atoms with Gasteiger partial charge < -0.3 is 0 Å². The Labute approximate surface area is 102 Å². The van der Waals surface area contributed by atoms with Crippen molar-refractivity contribution in [2.45, 2.75) is 21.0 Å². The van der Waals surface area contributed by atoms with Gasteiger partial charge >= 0.3 is 31.3 Å². The van der Waals surface area contributed by atoms with E-state index in [-0.39, 0.29) is 0 Å². The Morgan fingerprint density at radius 3 is 1.24 bits per heavy atom. The number of halogens is 10. The van der Waals surface area contributed by atoms with Crippen LogP contribution in [0, 0.1) is 0 Å². The van der Waals surface area contributed by atoms with Crippen LogP contribution in [0.15, 0.2) is 0 Å². The van der Waals surface area contributed by atoms with Crippen molar-refractivity contribution >= 4 is 32.8 Å². The molecule has 0 aliphatic heterocycles. The average Bonchev–Trinajstić information content (AvgIpc) is 1.98. The van der Waals surface area contributed by atoms with Crippen LogP contribution in [0.25, 0.3) is 0 Å². The predicted molar refractivity (Wildman–Crippen MR) is 43.8 cm³/mol. The molecule has 0 aromatic heterocycles. The standard InChI is InChI=1S/C4F9IO2S/c5-1(6,3(9,10)14)2(7,8)4(11,12)17(13,15)16. The molecule has 0 saturated carbocycles. The SMILES string of the molecule is O=S(=O)(F)C(F)(F)C(F)(F)C(F)(F)C(F)(F)I. The van der Waals surface area contributed by atoms with Crippen LogP contribution >= 0.6 is 22.6 Å². The van der Waals surface area contributed by atoms with Crippen LogP contribution in [0.4, 0.5) is 39.0 Å². The van der Waals surface area contributed by atoms with Crippen LogP contribution < -0.4 is 0 Å². The summed E-state index contributed by atoms with van der Waals surface area (Å²) in [5.74, 6) is -13.9. The minimum atomic E-state index is -7.50. The topological polar surface area (TPSA) is 34.1 Å². The van der Waals surface area contributed by atoms with E-state index in [2.05, 4.69) is 0 Å². The molecular weight excluding hydrogens is 410 g/mol. The lowest BCUT2D eigenvalue weighted by atomic mass is 10.2. The van der Waals surface area contributed by atoms with Gasteiger partial charge in [0.25, 0.3) is 0 Å². The summed E-state index contributed by atoms with van der Waals surface area (Å²) in [6.45, 7) is 0. The molecule has 2 nitrogen and oxygen atoms in total. The highest BCUT2D eigenvalue weighted by Crippen LogP contribution is 2.56. The Balaban J connectivity index is 5.91. The Morgan fingerprint density at radius 2 is 1.06 bits per heavy atom. The maximum absolute atomic E-state index is 12.4. The van der Waals surface area contributed by atoms with E-state index in [4.69, 9.17) is 0 Å². The van der Waals surface area contributed by atoms with Crippen LogP contribution in [-0.2, 0) is 10.2 Å². The van der Waals surface area contributed by atoms with Crippen molar-refractivity contribution in [3.05, 3.63) is 0 Å². The highest BCUT2D eigenvalue weighted by atomic mass is 127. The van der Waals surface area contributed by atoms with Gasteiger partial charge in [0, 0.05) is 22.6 Å². The smallest absolute Gasteiger partial charge is 0.191 e. The first-order chi connectivity index (χ1) is 7.00. The molecule has 0 rings (SSSR count). The Hall–Kier alpha value is 0.0500. The molecule has 0 fully saturated rings. The summed E-state index contributed by atoms with van der Waals surface area (Å²) in [5.41, 5.74) is 0. The maximum atomic E-state index is 12.4. The zero-order chi connectivity index (χ0) is 14.5. The number of rotatable bonds is 4. The van der Waals surface area contributed by atoms with Crippen molar-refractivity contribution in [2.75, 3.05) is 0 Å². The van der Waals surface area contributed by atoms with Crippen LogP contribution in [0.5, 0.6) is 0 Å². The number of alkyl halides is 9. The van der Waals surface area contributed by atoms with Gasteiger partial charge in [-0.3, -0.25) is 0 Å². The summed E-state index contributed by atoms with van der Waals surface area (Å²) in [7, 11) is -7.50. The normalized spacial score (nSPS) is 16.1. The molecule has 104 valence electrons. The van der Waals surface area contributed by atoms with Crippen LogP contribution in [0.3, 0.4) is 0 Å².